The number of pyridine rings is 1. The molecular weight excluding hydrogens is 298 g/mol. The van der Waals surface area contributed by atoms with E-state index < -0.39 is 0 Å². The van der Waals surface area contributed by atoms with Gasteiger partial charge in [0.25, 0.3) is 5.56 Å². The quantitative estimate of drug-likeness (QED) is 0.581. The number of hydrogen-bond acceptors (Lipinski definition) is 3. The van der Waals surface area contributed by atoms with Crippen LogP contribution < -0.4 is 5.56 Å². The zero-order valence-electron chi connectivity index (χ0n) is 13.0. The first kappa shape index (κ1) is 14.3. The maximum absolute atomic E-state index is 12.6. The van der Waals surface area contributed by atoms with E-state index in [1.54, 1.807) is 23.3 Å². The lowest BCUT2D eigenvalue weighted by Gasteiger charge is -2.08. The molecule has 2 aromatic heterocycles. The molecule has 0 unspecified atom stereocenters. The van der Waals surface area contributed by atoms with Crippen LogP contribution in [0.15, 0.2) is 84.2 Å². The van der Waals surface area contributed by atoms with Gasteiger partial charge in [-0.2, -0.15) is 0 Å². The van der Waals surface area contributed by atoms with E-state index in [1.165, 1.54) is 0 Å². The number of fused-ring (bicyclic) bond motifs is 1. The Morgan fingerprint density at radius 3 is 2.58 bits per heavy atom. The van der Waals surface area contributed by atoms with Crippen LogP contribution in [0.3, 0.4) is 0 Å². The zero-order chi connectivity index (χ0) is 16.4. The fraction of sp³-hybridized carbons (Fsp3) is 0.0500. The first-order valence-corrected chi connectivity index (χ1v) is 7.75. The third-order valence-electron chi connectivity index (χ3n) is 4.03. The summed E-state index contributed by atoms with van der Waals surface area (Å²) in [5.41, 5.74) is 3.98. The molecule has 0 amide bonds. The SMILES string of the molecule is O=c1c2ccccc2ncn1Cc1cccc(-c2ccncc2)c1. The van der Waals surface area contributed by atoms with Crippen LogP contribution in [-0.2, 0) is 6.54 Å². The topological polar surface area (TPSA) is 47.8 Å². The van der Waals surface area contributed by atoms with Crippen molar-refractivity contribution in [2.45, 2.75) is 6.54 Å². The number of nitrogens with zero attached hydrogens (tertiary/aromatic N) is 3. The lowest BCUT2D eigenvalue weighted by atomic mass is 10.0. The van der Waals surface area contributed by atoms with E-state index >= 15 is 0 Å². The Labute approximate surface area is 139 Å². The van der Waals surface area contributed by atoms with Crippen molar-refractivity contribution in [3.05, 3.63) is 95.3 Å². The van der Waals surface area contributed by atoms with E-state index in [2.05, 4.69) is 22.1 Å². The molecule has 2 heterocycles. The fourth-order valence-electron chi connectivity index (χ4n) is 2.81. The highest BCUT2D eigenvalue weighted by atomic mass is 16.1. The molecule has 0 bridgehead atoms. The van der Waals surface area contributed by atoms with Crippen molar-refractivity contribution in [1.82, 2.24) is 14.5 Å². The third-order valence-corrected chi connectivity index (χ3v) is 4.03. The van der Waals surface area contributed by atoms with Gasteiger partial charge >= 0.3 is 0 Å². The molecule has 0 fully saturated rings. The number of para-hydroxylation sites is 1. The average Bonchev–Trinajstić information content (AvgIpc) is 2.65. The molecule has 4 rings (SSSR count). The Morgan fingerprint density at radius 1 is 0.875 bits per heavy atom. The van der Waals surface area contributed by atoms with Crippen molar-refractivity contribution >= 4 is 10.9 Å². The van der Waals surface area contributed by atoms with Crippen LogP contribution in [-0.4, -0.2) is 14.5 Å². The molecule has 2 aromatic carbocycles. The summed E-state index contributed by atoms with van der Waals surface area (Å²) in [5.74, 6) is 0. The second-order valence-corrected chi connectivity index (χ2v) is 5.63. The molecule has 4 heteroatoms. The summed E-state index contributed by atoms with van der Waals surface area (Å²) in [6.07, 6.45) is 5.17. The van der Waals surface area contributed by atoms with Crippen molar-refractivity contribution in [2.24, 2.45) is 0 Å². The average molecular weight is 313 g/mol. The first-order valence-electron chi connectivity index (χ1n) is 7.75. The number of aromatic nitrogens is 3. The van der Waals surface area contributed by atoms with Gasteiger partial charge in [-0.05, 0) is 47.0 Å². The van der Waals surface area contributed by atoms with E-state index in [1.807, 2.05) is 48.5 Å². The van der Waals surface area contributed by atoms with Crippen molar-refractivity contribution in [2.75, 3.05) is 0 Å². The van der Waals surface area contributed by atoms with Gasteiger partial charge < -0.3 is 0 Å². The van der Waals surface area contributed by atoms with Crippen LogP contribution in [0.4, 0.5) is 0 Å². The maximum Gasteiger partial charge on any atom is 0.261 e. The molecule has 0 atom stereocenters. The highest BCUT2D eigenvalue weighted by molar-refractivity contribution is 5.76. The maximum atomic E-state index is 12.6. The van der Waals surface area contributed by atoms with Crippen molar-refractivity contribution in [3.63, 3.8) is 0 Å². The standard InChI is InChI=1S/C20H15N3O/c24-20-18-6-1-2-7-19(18)22-14-23(20)13-15-4-3-5-17(12-15)16-8-10-21-11-9-16/h1-12,14H,13H2. The molecule has 0 aliphatic carbocycles. The summed E-state index contributed by atoms with van der Waals surface area (Å²) in [6, 6.07) is 19.5. The molecular formula is C20H15N3O. The monoisotopic (exact) mass is 313 g/mol. The van der Waals surface area contributed by atoms with Crippen LogP contribution in [0.25, 0.3) is 22.0 Å². The van der Waals surface area contributed by atoms with Gasteiger partial charge in [0.15, 0.2) is 0 Å². The Balaban J connectivity index is 1.72. The smallest absolute Gasteiger partial charge is 0.261 e. The van der Waals surface area contributed by atoms with E-state index in [4.69, 9.17) is 0 Å². The van der Waals surface area contributed by atoms with E-state index in [0.717, 1.165) is 22.2 Å². The molecule has 0 saturated carbocycles. The molecule has 4 nitrogen and oxygen atoms in total. The first-order chi connectivity index (χ1) is 11.8. The summed E-state index contributed by atoms with van der Waals surface area (Å²) >= 11 is 0. The number of benzene rings is 2. The van der Waals surface area contributed by atoms with Crippen molar-refractivity contribution in [1.29, 1.82) is 0 Å². The third kappa shape index (κ3) is 2.70. The minimum atomic E-state index is -0.0186. The van der Waals surface area contributed by atoms with Crippen molar-refractivity contribution < 1.29 is 0 Å². The van der Waals surface area contributed by atoms with Crippen LogP contribution >= 0.6 is 0 Å². The number of hydrogen-bond donors (Lipinski definition) is 0. The largest absolute Gasteiger partial charge is 0.294 e. The second-order valence-electron chi connectivity index (χ2n) is 5.63. The minimum absolute atomic E-state index is 0.0186. The predicted molar refractivity (Wildman–Crippen MR) is 94.8 cm³/mol. The normalized spacial score (nSPS) is 10.8. The molecule has 0 spiro atoms. The second kappa shape index (κ2) is 6.08. The Bertz CT molecular complexity index is 1050. The molecule has 0 aliphatic rings. The summed E-state index contributed by atoms with van der Waals surface area (Å²) in [7, 11) is 0. The lowest BCUT2D eigenvalue weighted by molar-refractivity contribution is 0.748. The van der Waals surface area contributed by atoms with Crippen LogP contribution in [0, 0.1) is 0 Å². The molecule has 0 aliphatic heterocycles. The molecule has 0 N–H and O–H groups in total. The van der Waals surface area contributed by atoms with Gasteiger partial charge in [-0.25, -0.2) is 4.98 Å². The zero-order valence-corrected chi connectivity index (χ0v) is 13.0. The van der Waals surface area contributed by atoms with Gasteiger partial charge in [0, 0.05) is 12.4 Å². The summed E-state index contributed by atoms with van der Waals surface area (Å²) in [5, 5.41) is 0.644. The Hall–Kier alpha value is -3.27. The van der Waals surface area contributed by atoms with Gasteiger partial charge in [-0.15, -0.1) is 0 Å². The Kier molecular flexibility index (Phi) is 3.63. The van der Waals surface area contributed by atoms with Crippen molar-refractivity contribution in [3.8, 4) is 11.1 Å². The summed E-state index contributed by atoms with van der Waals surface area (Å²) in [6.45, 7) is 0.496. The molecule has 0 saturated heterocycles. The minimum Gasteiger partial charge on any atom is -0.294 e. The molecule has 0 radical (unpaired) electrons. The van der Waals surface area contributed by atoms with E-state index in [9.17, 15) is 4.79 Å². The Morgan fingerprint density at radius 2 is 1.71 bits per heavy atom. The molecule has 24 heavy (non-hydrogen) atoms. The highest BCUT2D eigenvalue weighted by Crippen LogP contribution is 2.19. The van der Waals surface area contributed by atoms with Gasteiger partial charge in [0.05, 0.1) is 23.8 Å². The summed E-state index contributed by atoms with van der Waals surface area (Å²) < 4.78 is 1.65. The van der Waals surface area contributed by atoms with Gasteiger partial charge in [-0.3, -0.25) is 14.3 Å². The van der Waals surface area contributed by atoms with Crippen LogP contribution in [0.1, 0.15) is 5.56 Å². The van der Waals surface area contributed by atoms with Gasteiger partial charge in [0.1, 0.15) is 0 Å². The van der Waals surface area contributed by atoms with E-state index in [-0.39, 0.29) is 5.56 Å². The fourth-order valence-corrected chi connectivity index (χ4v) is 2.81. The van der Waals surface area contributed by atoms with Gasteiger partial charge in [0.2, 0.25) is 0 Å². The summed E-state index contributed by atoms with van der Waals surface area (Å²) in [4.78, 5) is 21.0. The molecule has 4 aromatic rings. The van der Waals surface area contributed by atoms with Crippen LogP contribution in [0.2, 0.25) is 0 Å². The van der Waals surface area contributed by atoms with E-state index in [0.29, 0.717) is 11.9 Å². The van der Waals surface area contributed by atoms with Gasteiger partial charge in [-0.1, -0.05) is 30.3 Å². The predicted octanol–water partition coefficient (Wildman–Crippen LogP) is 3.51. The lowest BCUT2D eigenvalue weighted by Crippen LogP contribution is -2.21. The van der Waals surface area contributed by atoms with Crippen LogP contribution in [0.5, 0.6) is 0 Å². The highest BCUT2D eigenvalue weighted by Gasteiger charge is 2.05. The molecule has 116 valence electrons. The number of rotatable bonds is 3.